The van der Waals surface area contributed by atoms with Crippen LogP contribution in [-0.4, -0.2) is 50.7 Å². The summed E-state index contributed by atoms with van der Waals surface area (Å²) in [4.78, 5) is 28.4. The highest BCUT2D eigenvalue weighted by Gasteiger charge is 2.38. The molecular weight excluding hydrogens is 438 g/mol. The predicted molar refractivity (Wildman–Crippen MR) is 105 cm³/mol. The fourth-order valence-electron chi connectivity index (χ4n) is 2.52. The van der Waals surface area contributed by atoms with Crippen LogP contribution in [0.25, 0.3) is 11.1 Å². The molecule has 5 N–H and O–H groups in total. The number of hydrogen-bond acceptors (Lipinski definition) is 9. The van der Waals surface area contributed by atoms with Gasteiger partial charge >= 0.3 is 19.3 Å². The van der Waals surface area contributed by atoms with E-state index >= 15 is 0 Å². The van der Waals surface area contributed by atoms with Gasteiger partial charge in [0.1, 0.15) is 30.2 Å². The molecule has 2 aromatic heterocycles. The number of aldehydes is 1. The second-order valence-electron chi connectivity index (χ2n) is 6.36. The van der Waals surface area contributed by atoms with Crippen LogP contribution >= 0.6 is 0 Å². The van der Waals surface area contributed by atoms with Crippen LogP contribution < -0.4 is 15.9 Å². The summed E-state index contributed by atoms with van der Waals surface area (Å²) >= 11 is 0. The van der Waals surface area contributed by atoms with Crippen molar-refractivity contribution in [3.63, 3.8) is 0 Å². The lowest BCUT2D eigenvalue weighted by atomic mass is 9.77. The molecule has 0 atom stereocenters. The standard InChI is InChI=1S/C16H16BN3O5.C2HF3O2/c1-8-9(2)25-16-14(8)15(18)19-13(20-16)7-24-11-3-4-12(17(22)23)10(5-11)6-21;3-2(4,5)1(6)7/h3-6,22-23H,7H2,1-2H3,(H2,18,19,20);(H,6,7). The van der Waals surface area contributed by atoms with E-state index < -0.39 is 19.3 Å². The van der Waals surface area contributed by atoms with Crippen LogP contribution in [-0.2, 0) is 11.4 Å². The number of hydrogen-bond donors (Lipinski definition) is 4. The van der Waals surface area contributed by atoms with E-state index in [1.807, 2.05) is 13.8 Å². The summed E-state index contributed by atoms with van der Waals surface area (Å²) in [7, 11) is -1.73. The molecule has 0 aliphatic carbocycles. The molecular formula is C18H17BF3N3O7. The van der Waals surface area contributed by atoms with Gasteiger partial charge in [-0.1, -0.05) is 6.07 Å². The first-order valence-electron chi connectivity index (χ1n) is 8.75. The fraction of sp³-hybridized carbons (Fsp3) is 0.222. The van der Waals surface area contributed by atoms with E-state index in [4.69, 9.17) is 24.8 Å². The number of carbonyl (C=O) groups is 2. The third-order valence-electron chi connectivity index (χ3n) is 4.18. The summed E-state index contributed by atoms with van der Waals surface area (Å²) in [5.41, 5.74) is 7.49. The normalized spacial score (nSPS) is 11.0. The zero-order valence-electron chi connectivity index (χ0n) is 16.7. The van der Waals surface area contributed by atoms with Crippen LogP contribution in [0.4, 0.5) is 19.0 Å². The van der Waals surface area contributed by atoms with Crippen molar-refractivity contribution in [2.75, 3.05) is 5.73 Å². The van der Waals surface area contributed by atoms with Crippen molar-refractivity contribution < 1.29 is 47.1 Å². The number of rotatable bonds is 5. The minimum Gasteiger partial charge on any atom is -0.486 e. The molecule has 3 rings (SSSR count). The van der Waals surface area contributed by atoms with E-state index in [0.29, 0.717) is 34.8 Å². The molecule has 10 nitrogen and oxygen atoms in total. The van der Waals surface area contributed by atoms with E-state index in [1.54, 1.807) is 0 Å². The minimum atomic E-state index is -5.08. The number of nitrogens with zero attached hydrogens (tertiary/aromatic N) is 2. The molecule has 32 heavy (non-hydrogen) atoms. The van der Waals surface area contributed by atoms with Crippen LogP contribution in [0.3, 0.4) is 0 Å². The van der Waals surface area contributed by atoms with E-state index in [2.05, 4.69) is 9.97 Å². The molecule has 0 spiro atoms. The Kier molecular flexibility index (Phi) is 7.43. The monoisotopic (exact) mass is 455 g/mol. The van der Waals surface area contributed by atoms with Gasteiger partial charge in [-0.25, -0.2) is 9.78 Å². The number of alkyl halides is 3. The number of furan rings is 1. The lowest BCUT2D eigenvalue weighted by Crippen LogP contribution is -2.32. The lowest BCUT2D eigenvalue weighted by molar-refractivity contribution is -0.192. The quantitative estimate of drug-likeness (QED) is 0.323. The highest BCUT2D eigenvalue weighted by molar-refractivity contribution is 6.60. The number of ether oxygens (including phenoxy) is 1. The summed E-state index contributed by atoms with van der Waals surface area (Å²) < 4.78 is 42.9. The molecule has 14 heteroatoms. The van der Waals surface area contributed by atoms with Gasteiger partial charge < -0.3 is 30.0 Å². The Morgan fingerprint density at radius 2 is 1.91 bits per heavy atom. The van der Waals surface area contributed by atoms with Crippen LogP contribution in [0.15, 0.2) is 22.6 Å². The second-order valence-corrected chi connectivity index (χ2v) is 6.36. The third-order valence-corrected chi connectivity index (χ3v) is 4.18. The van der Waals surface area contributed by atoms with Gasteiger partial charge in [0.2, 0.25) is 5.71 Å². The van der Waals surface area contributed by atoms with Crippen molar-refractivity contribution >= 4 is 41.8 Å². The fourth-order valence-corrected chi connectivity index (χ4v) is 2.52. The van der Waals surface area contributed by atoms with Crippen LogP contribution in [0.1, 0.15) is 27.5 Å². The first-order chi connectivity index (χ1) is 14.8. The Morgan fingerprint density at radius 3 is 2.44 bits per heavy atom. The van der Waals surface area contributed by atoms with Gasteiger partial charge in [0.25, 0.3) is 0 Å². The number of anilines is 1. The van der Waals surface area contributed by atoms with Gasteiger partial charge in [-0.3, -0.25) is 4.79 Å². The van der Waals surface area contributed by atoms with Crippen molar-refractivity contribution in [3.8, 4) is 5.75 Å². The second kappa shape index (κ2) is 9.66. The Hall–Kier alpha value is -3.65. The van der Waals surface area contributed by atoms with Crippen molar-refractivity contribution in [2.45, 2.75) is 26.6 Å². The molecule has 0 saturated carbocycles. The van der Waals surface area contributed by atoms with Gasteiger partial charge in [-0.05, 0) is 31.4 Å². The number of aromatic nitrogens is 2. The van der Waals surface area contributed by atoms with Crippen molar-refractivity contribution in [1.29, 1.82) is 0 Å². The summed E-state index contributed by atoms with van der Waals surface area (Å²) in [5, 5.41) is 26.2. The number of nitrogens with two attached hydrogens (primary N) is 1. The molecule has 1 aromatic carbocycles. The molecule has 0 fully saturated rings. The molecule has 0 aliphatic heterocycles. The molecule has 170 valence electrons. The summed E-state index contributed by atoms with van der Waals surface area (Å²) in [6.07, 6.45) is -4.56. The number of benzene rings is 1. The zero-order chi connectivity index (χ0) is 24.2. The molecule has 0 amide bonds. The van der Waals surface area contributed by atoms with Gasteiger partial charge in [-0.2, -0.15) is 18.2 Å². The molecule has 0 radical (unpaired) electrons. The topological polar surface area (TPSA) is 169 Å². The molecule has 0 aliphatic rings. The minimum absolute atomic E-state index is 0.0122. The average molecular weight is 455 g/mol. The molecule has 2 heterocycles. The molecule has 0 bridgehead atoms. The Bertz CT molecular complexity index is 1150. The highest BCUT2D eigenvalue weighted by atomic mass is 19.4. The number of carboxylic acid groups (broad SMARTS) is 1. The van der Waals surface area contributed by atoms with E-state index in [1.165, 1.54) is 18.2 Å². The van der Waals surface area contributed by atoms with E-state index in [9.17, 15) is 28.0 Å². The maximum atomic E-state index is 11.1. The Labute approximate surface area is 178 Å². The summed E-state index contributed by atoms with van der Waals surface area (Å²) in [5.74, 6) is -1.03. The molecule has 3 aromatic rings. The summed E-state index contributed by atoms with van der Waals surface area (Å²) in [6, 6.07) is 4.33. The average Bonchev–Trinajstić information content (AvgIpc) is 2.99. The number of carboxylic acids is 1. The van der Waals surface area contributed by atoms with Crippen molar-refractivity contribution in [2.24, 2.45) is 0 Å². The smallest absolute Gasteiger partial charge is 0.486 e. The van der Waals surface area contributed by atoms with Crippen molar-refractivity contribution in [3.05, 3.63) is 40.9 Å². The molecule has 0 saturated heterocycles. The van der Waals surface area contributed by atoms with E-state index in [0.717, 1.165) is 11.3 Å². The number of aliphatic carboxylic acids is 1. The lowest BCUT2D eigenvalue weighted by Gasteiger charge is -2.09. The van der Waals surface area contributed by atoms with Crippen LogP contribution in [0.5, 0.6) is 5.75 Å². The Balaban J connectivity index is 0.000000451. The first-order valence-corrected chi connectivity index (χ1v) is 8.75. The van der Waals surface area contributed by atoms with E-state index in [-0.39, 0.29) is 17.6 Å². The largest absolute Gasteiger partial charge is 0.490 e. The van der Waals surface area contributed by atoms with Gasteiger partial charge in [0, 0.05) is 11.1 Å². The maximum absolute atomic E-state index is 11.1. The van der Waals surface area contributed by atoms with Crippen molar-refractivity contribution in [1.82, 2.24) is 9.97 Å². The number of nitrogen functional groups attached to an aromatic ring is 1. The summed E-state index contributed by atoms with van der Waals surface area (Å²) in [6.45, 7) is 3.72. The van der Waals surface area contributed by atoms with Gasteiger partial charge in [-0.15, -0.1) is 0 Å². The maximum Gasteiger partial charge on any atom is 0.490 e. The number of carbonyl (C=O) groups excluding carboxylic acids is 1. The first kappa shape index (κ1) is 24.6. The van der Waals surface area contributed by atoms with Gasteiger partial charge in [0.15, 0.2) is 5.82 Å². The predicted octanol–water partition coefficient (Wildman–Crippen LogP) is 1.13. The third kappa shape index (κ3) is 5.73. The Morgan fingerprint density at radius 1 is 1.28 bits per heavy atom. The van der Waals surface area contributed by atoms with Crippen LogP contribution in [0, 0.1) is 13.8 Å². The zero-order valence-corrected chi connectivity index (χ0v) is 16.7. The number of fused-ring (bicyclic) bond motifs is 1. The van der Waals surface area contributed by atoms with Gasteiger partial charge in [0.05, 0.1) is 5.39 Å². The number of aryl methyl sites for hydroxylation is 2. The highest BCUT2D eigenvalue weighted by Crippen LogP contribution is 2.27. The SMILES string of the molecule is Cc1oc2nc(COc3ccc(B(O)O)c(C=O)c3)nc(N)c2c1C.O=C(O)C(F)(F)F. The molecule has 0 unspecified atom stereocenters. The number of halogens is 3. The van der Waals surface area contributed by atoms with Crippen LogP contribution in [0.2, 0.25) is 0 Å².